The summed E-state index contributed by atoms with van der Waals surface area (Å²) in [6.45, 7) is 1.91. The summed E-state index contributed by atoms with van der Waals surface area (Å²) in [7, 11) is 0. The average molecular weight is 184 g/mol. The van der Waals surface area contributed by atoms with E-state index in [1.807, 2.05) is 31.2 Å². The van der Waals surface area contributed by atoms with Crippen molar-refractivity contribution < 1.29 is 0 Å². The van der Waals surface area contributed by atoms with Crippen molar-refractivity contribution in [3.05, 3.63) is 29.8 Å². The fourth-order valence-electron chi connectivity index (χ4n) is 0.889. The summed E-state index contributed by atoms with van der Waals surface area (Å²) in [6, 6.07) is 10.8. The fraction of sp³-hybridized carbons (Fsp3) is 0.100. The van der Waals surface area contributed by atoms with Crippen molar-refractivity contribution in [3.8, 4) is 12.1 Å². The van der Waals surface area contributed by atoms with E-state index in [1.165, 1.54) is 0 Å². The zero-order chi connectivity index (χ0) is 10.4. The molecule has 0 saturated carbocycles. The van der Waals surface area contributed by atoms with Gasteiger partial charge < -0.3 is 0 Å². The lowest BCUT2D eigenvalue weighted by Crippen LogP contribution is -1.97. The molecule has 0 heterocycles. The molecule has 0 unspecified atom stereocenters. The molecular formula is C10H8N4. The highest BCUT2D eigenvalue weighted by atomic mass is 15.3. The molecule has 0 saturated heterocycles. The molecule has 4 heteroatoms. The second-order valence-corrected chi connectivity index (χ2v) is 2.61. The van der Waals surface area contributed by atoms with E-state index in [0.717, 1.165) is 11.3 Å². The Balaban J connectivity index is 2.83. The molecular weight excluding hydrogens is 176 g/mol. The predicted octanol–water partition coefficient (Wildman–Crippen LogP) is 1.81. The molecule has 0 aliphatic heterocycles. The molecule has 68 valence electrons. The van der Waals surface area contributed by atoms with Gasteiger partial charge in [-0.05, 0) is 18.6 Å². The molecule has 0 fully saturated rings. The minimum atomic E-state index is -0.187. The van der Waals surface area contributed by atoms with Crippen LogP contribution in [-0.2, 0) is 0 Å². The van der Waals surface area contributed by atoms with E-state index in [-0.39, 0.29) is 5.71 Å². The molecule has 0 atom stereocenters. The number of para-hydroxylation sites is 1. The highest BCUT2D eigenvalue weighted by molar-refractivity contribution is 6.10. The number of hydrogen-bond acceptors (Lipinski definition) is 4. The summed E-state index contributed by atoms with van der Waals surface area (Å²) in [5.74, 6) is 0. The van der Waals surface area contributed by atoms with Crippen LogP contribution in [0.5, 0.6) is 0 Å². The molecule has 4 nitrogen and oxygen atoms in total. The van der Waals surface area contributed by atoms with Gasteiger partial charge in [-0.15, -0.1) is 0 Å². The monoisotopic (exact) mass is 184 g/mol. The van der Waals surface area contributed by atoms with Gasteiger partial charge in [-0.3, -0.25) is 5.43 Å². The van der Waals surface area contributed by atoms with Crippen LogP contribution in [0.2, 0.25) is 0 Å². The van der Waals surface area contributed by atoms with Crippen LogP contribution < -0.4 is 5.43 Å². The van der Waals surface area contributed by atoms with Gasteiger partial charge in [0.1, 0.15) is 12.1 Å². The molecule has 1 N–H and O–H groups in total. The Morgan fingerprint density at radius 3 is 2.50 bits per heavy atom. The quantitative estimate of drug-likeness (QED) is 0.562. The molecule has 0 aliphatic rings. The van der Waals surface area contributed by atoms with E-state index < -0.39 is 0 Å². The van der Waals surface area contributed by atoms with Crippen LogP contribution in [0.3, 0.4) is 0 Å². The average Bonchev–Trinajstić information content (AvgIpc) is 2.22. The highest BCUT2D eigenvalue weighted by Gasteiger charge is 1.95. The second kappa shape index (κ2) is 4.64. The zero-order valence-electron chi connectivity index (χ0n) is 7.65. The van der Waals surface area contributed by atoms with Crippen LogP contribution >= 0.6 is 0 Å². The number of rotatable bonds is 2. The number of benzene rings is 1. The van der Waals surface area contributed by atoms with Gasteiger partial charge >= 0.3 is 0 Å². The predicted molar refractivity (Wildman–Crippen MR) is 53.5 cm³/mol. The van der Waals surface area contributed by atoms with Crippen molar-refractivity contribution in [2.24, 2.45) is 5.10 Å². The third-order valence-electron chi connectivity index (χ3n) is 1.65. The van der Waals surface area contributed by atoms with Crippen LogP contribution in [0.4, 0.5) is 5.69 Å². The van der Waals surface area contributed by atoms with E-state index in [9.17, 15) is 0 Å². The maximum atomic E-state index is 8.43. The van der Waals surface area contributed by atoms with Crippen LogP contribution in [-0.4, -0.2) is 5.71 Å². The van der Waals surface area contributed by atoms with Gasteiger partial charge in [0.2, 0.25) is 5.71 Å². The molecule has 0 radical (unpaired) electrons. The second-order valence-electron chi connectivity index (χ2n) is 2.61. The zero-order valence-corrected chi connectivity index (χ0v) is 7.65. The molecule has 1 aromatic rings. The molecule has 0 amide bonds. The van der Waals surface area contributed by atoms with Gasteiger partial charge in [-0.2, -0.15) is 15.6 Å². The first kappa shape index (κ1) is 9.76. The van der Waals surface area contributed by atoms with Crippen molar-refractivity contribution >= 4 is 11.4 Å². The van der Waals surface area contributed by atoms with Crippen LogP contribution in [0.25, 0.3) is 0 Å². The van der Waals surface area contributed by atoms with Crippen molar-refractivity contribution in [2.75, 3.05) is 5.43 Å². The highest BCUT2D eigenvalue weighted by Crippen LogP contribution is 2.12. The summed E-state index contributed by atoms with van der Waals surface area (Å²) in [6.07, 6.45) is 0. The Morgan fingerprint density at radius 2 is 1.93 bits per heavy atom. The largest absolute Gasteiger partial charge is 0.276 e. The van der Waals surface area contributed by atoms with Gasteiger partial charge in [-0.25, -0.2) is 0 Å². The number of hydrazone groups is 1. The van der Waals surface area contributed by atoms with Crippen LogP contribution in [0.1, 0.15) is 5.56 Å². The number of anilines is 1. The molecule has 0 bridgehead atoms. The molecule has 0 spiro atoms. The van der Waals surface area contributed by atoms with Gasteiger partial charge in [0, 0.05) is 0 Å². The van der Waals surface area contributed by atoms with Gasteiger partial charge in [-0.1, -0.05) is 18.2 Å². The lowest BCUT2D eigenvalue weighted by Gasteiger charge is -2.02. The summed E-state index contributed by atoms with van der Waals surface area (Å²) in [4.78, 5) is 0. The Hall–Kier alpha value is -2.33. The number of nitrogens with one attached hydrogen (secondary N) is 1. The van der Waals surface area contributed by atoms with Crippen molar-refractivity contribution in [1.82, 2.24) is 0 Å². The molecule has 1 rings (SSSR count). The maximum absolute atomic E-state index is 8.43. The molecule has 14 heavy (non-hydrogen) atoms. The Labute approximate surface area is 82.1 Å². The van der Waals surface area contributed by atoms with Gasteiger partial charge in [0.05, 0.1) is 5.69 Å². The van der Waals surface area contributed by atoms with E-state index >= 15 is 0 Å². The SMILES string of the molecule is Cc1ccccc1NN=C(C#N)C#N. The summed E-state index contributed by atoms with van der Waals surface area (Å²) >= 11 is 0. The Bertz CT molecular complexity index is 418. The van der Waals surface area contributed by atoms with E-state index in [0.29, 0.717) is 0 Å². The van der Waals surface area contributed by atoms with E-state index in [4.69, 9.17) is 10.5 Å². The van der Waals surface area contributed by atoms with Crippen LogP contribution in [0.15, 0.2) is 29.4 Å². The first-order chi connectivity index (χ1) is 6.77. The lowest BCUT2D eigenvalue weighted by molar-refractivity contribution is 1.30. The third-order valence-corrected chi connectivity index (χ3v) is 1.65. The molecule has 0 aromatic heterocycles. The topological polar surface area (TPSA) is 72.0 Å². The van der Waals surface area contributed by atoms with Gasteiger partial charge in [0.25, 0.3) is 0 Å². The first-order valence-corrected chi connectivity index (χ1v) is 3.97. The smallest absolute Gasteiger partial charge is 0.237 e. The minimum absolute atomic E-state index is 0.187. The Kier molecular flexibility index (Phi) is 3.23. The van der Waals surface area contributed by atoms with E-state index in [2.05, 4.69) is 10.5 Å². The third kappa shape index (κ3) is 2.33. The summed E-state index contributed by atoms with van der Waals surface area (Å²) < 4.78 is 0. The first-order valence-electron chi connectivity index (χ1n) is 3.97. The maximum Gasteiger partial charge on any atom is 0.237 e. The van der Waals surface area contributed by atoms with Gasteiger partial charge in [0.15, 0.2) is 0 Å². The molecule has 1 aromatic carbocycles. The number of nitrogens with zero attached hydrogens (tertiary/aromatic N) is 3. The normalized spacial score (nSPS) is 8.21. The summed E-state index contributed by atoms with van der Waals surface area (Å²) in [5.41, 5.74) is 4.26. The van der Waals surface area contributed by atoms with Crippen LogP contribution in [0, 0.1) is 29.6 Å². The number of aryl methyl sites for hydroxylation is 1. The van der Waals surface area contributed by atoms with E-state index in [1.54, 1.807) is 12.1 Å². The standard InChI is InChI=1S/C10H8N4/c1-8-4-2-3-5-10(8)14-13-9(6-11)7-12/h2-5,14H,1H3. The van der Waals surface area contributed by atoms with Crippen molar-refractivity contribution in [3.63, 3.8) is 0 Å². The number of nitriles is 2. The molecule has 0 aliphatic carbocycles. The minimum Gasteiger partial charge on any atom is -0.276 e. The van der Waals surface area contributed by atoms with Crippen molar-refractivity contribution in [1.29, 1.82) is 10.5 Å². The number of hydrogen-bond donors (Lipinski definition) is 1. The lowest BCUT2D eigenvalue weighted by atomic mass is 10.2. The summed E-state index contributed by atoms with van der Waals surface area (Å²) in [5, 5.41) is 20.5. The fourth-order valence-corrected chi connectivity index (χ4v) is 0.889. The Morgan fingerprint density at radius 1 is 1.29 bits per heavy atom. The van der Waals surface area contributed by atoms with Crippen molar-refractivity contribution in [2.45, 2.75) is 6.92 Å².